The maximum atomic E-state index is 13.0. The topological polar surface area (TPSA) is 48.0 Å². The Morgan fingerprint density at radius 2 is 1.24 bits per heavy atom. The van der Waals surface area contributed by atoms with Crippen molar-refractivity contribution in [2.75, 3.05) is 13.2 Å². The summed E-state index contributed by atoms with van der Waals surface area (Å²) >= 11 is 0. The lowest BCUT2D eigenvalue weighted by Gasteiger charge is -2.44. The molecule has 5 heteroatoms. The van der Waals surface area contributed by atoms with Crippen molar-refractivity contribution in [3.63, 3.8) is 0 Å². The van der Waals surface area contributed by atoms with Gasteiger partial charge in [-0.3, -0.25) is 4.79 Å². The van der Waals surface area contributed by atoms with Gasteiger partial charge in [0.05, 0.1) is 45.0 Å². The normalized spacial score (nSPS) is 20.4. The van der Waals surface area contributed by atoms with E-state index in [1.807, 2.05) is 103 Å². The average molecular weight is 460 g/mol. The third-order valence-corrected chi connectivity index (χ3v) is 6.18. The number of likely N-dealkylation sites (tertiary alicyclic amines) is 1. The maximum Gasteiger partial charge on any atom is 0.225 e. The van der Waals surface area contributed by atoms with E-state index in [0.29, 0.717) is 39.4 Å². The monoisotopic (exact) mass is 459 g/mol. The van der Waals surface area contributed by atoms with Crippen molar-refractivity contribution < 1.29 is 19.0 Å². The van der Waals surface area contributed by atoms with Crippen molar-refractivity contribution in [2.45, 2.75) is 51.4 Å². The molecule has 178 valence electrons. The highest BCUT2D eigenvalue weighted by molar-refractivity contribution is 5.78. The molecule has 0 aromatic heterocycles. The molecular formula is C29H33NO4. The van der Waals surface area contributed by atoms with Crippen LogP contribution in [0.1, 0.15) is 30.0 Å². The first-order valence-electron chi connectivity index (χ1n) is 12.0. The molecule has 0 saturated carbocycles. The Bertz CT molecular complexity index is 996. The van der Waals surface area contributed by atoms with Crippen LogP contribution in [0.5, 0.6) is 0 Å². The van der Waals surface area contributed by atoms with Gasteiger partial charge >= 0.3 is 0 Å². The molecule has 0 spiro atoms. The van der Waals surface area contributed by atoms with Gasteiger partial charge in [0.25, 0.3) is 0 Å². The van der Waals surface area contributed by atoms with Gasteiger partial charge in [0, 0.05) is 6.54 Å². The first-order valence-corrected chi connectivity index (χ1v) is 12.0. The van der Waals surface area contributed by atoms with Crippen molar-refractivity contribution in [3.8, 4) is 0 Å². The second kappa shape index (κ2) is 12.5. The maximum absolute atomic E-state index is 13.0. The lowest BCUT2D eigenvalue weighted by Crippen LogP contribution is -2.60. The minimum atomic E-state index is -0.343. The summed E-state index contributed by atoms with van der Waals surface area (Å²) in [6.07, 6.45) is -0.336. The van der Waals surface area contributed by atoms with Crippen LogP contribution >= 0.6 is 0 Å². The molecule has 1 aliphatic heterocycles. The number of hydrogen-bond acceptors (Lipinski definition) is 4. The average Bonchev–Trinajstić information content (AvgIpc) is 2.89. The number of carbonyl (C=O) groups excluding carboxylic acids is 1. The van der Waals surface area contributed by atoms with Crippen LogP contribution in [-0.2, 0) is 38.8 Å². The first kappa shape index (κ1) is 24.1. The third-order valence-electron chi connectivity index (χ3n) is 6.18. The molecule has 5 nitrogen and oxygen atoms in total. The smallest absolute Gasteiger partial charge is 0.225 e. The fraction of sp³-hybridized carbons (Fsp3) is 0.345. The first-order chi connectivity index (χ1) is 16.7. The summed E-state index contributed by atoms with van der Waals surface area (Å²) in [4.78, 5) is 14.9. The number of likely N-dealkylation sites (N-methyl/N-ethyl adjacent to an activating group) is 1. The fourth-order valence-electron chi connectivity index (χ4n) is 4.40. The van der Waals surface area contributed by atoms with Gasteiger partial charge in [-0.2, -0.15) is 0 Å². The number of hydrogen-bond donors (Lipinski definition) is 0. The van der Waals surface area contributed by atoms with Crippen molar-refractivity contribution in [3.05, 3.63) is 108 Å². The molecule has 3 aromatic rings. The van der Waals surface area contributed by atoms with Gasteiger partial charge in [-0.15, -0.1) is 0 Å². The van der Waals surface area contributed by atoms with Gasteiger partial charge in [-0.1, -0.05) is 91.0 Å². The Morgan fingerprint density at radius 1 is 0.735 bits per heavy atom. The number of benzene rings is 3. The summed E-state index contributed by atoms with van der Waals surface area (Å²) in [7, 11) is 0. The Hall–Kier alpha value is -2.99. The number of carbonyl (C=O) groups is 1. The molecule has 3 atom stereocenters. The van der Waals surface area contributed by atoms with E-state index >= 15 is 0 Å². The van der Waals surface area contributed by atoms with Crippen LogP contribution in [0.2, 0.25) is 0 Å². The van der Waals surface area contributed by atoms with E-state index in [-0.39, 0.29) is 24.2 Å². The summed E-state index contributed by atoms with van der Waals surface area (Å²) in [6, 6.07) is 30.0. The van der Waals surface area contributed by atoms with Gasteiger partial charge in [0.2, 0.25) is 5.91 Å². The van der Waals surface area contributed by atoms with E-state index in [9.17, 15) is 4.79 Å². The van der Waals surface area contributed by atoms with Crippen LogP contribution in [0, 0.1) is 0 Å². The van der Waals surface area contributed by atoms with Gasteiger partial charge in [0.15, 0.2) is 0 Å². The summed E-state index contributed by atoms with van der Waals surface area (Å²) in [5.41, 5.74) is 3.27. The van der Waals surface area contributed by atoms with Crippen molar-refractivity contribution in [1.82, 2.24) is 4.90 Å². The predicted octanol–water partition coefficient (Wildman–Crippen LogP) is 4.99. The Labute approximate surface area is 202 Å². The molecular weight excluding hydrogens is 426 g/mol. The highest BCUT2D eigenvalue weighted by Gasteiger charge is 2.43. The molecule has 34 heavy (non-hydrogen) atoms. The molecule has 0 N–H and O–H groups in total. The number of rotatable bonds is 11. The van der Waals surface area contributed by atoms with Crippen LogP contribution in [0.4, 0.5) is 0 Å². The van der Waals surface area contributed by atoms with Crippen molar-refractivity contribution in [2.24, 2.45) is 0 Å². The number of nitrogens with zero attached hydrogens (tertiary/aromatic N) is 1. The van der Waals surface area contributed by atoms with Crippen LogP contribution in [0.25, 0.3) is 0 Å². The number of piperidine rings is 1. The van der Waals surface area contributed by atoms with Crippen LogP contribution < -0.4 is 0 Å². The summed E-state index contributed by atoms with van der Waals surface area (Å²) < 4.78 is 18.9. The molecule has 1 saturated heterocycles. The highest BCUT2D eigenvalue weighted by atomic mass is 16.5. The summed E-state index contributed by atoms with van der Waals surface area (Å²) in [5, 5.41) is 0. The van der Waals surface area contributed by atoms with Crippen LogP contribution in [-0.4, -0.2) is 42.2 Å². The summed E-state index contributed by atoms with van der Waals surface area (Å²) in [6.45, 7) is 4.38. The van der Waals surface area contributed by atoms with E-state index in [1.54, 1.807) is 0 Å². The standard InChI is InChI=1S/C29H33NO4/c1-2-30-26(22-32-19-23-12-6-3-7-13-23)29(34-21-25-16-10-5-11-17-25)27(18-28(30)31)33-20-24-14-8-4-9-15-24/h3-17,26-27,29H,2,18-22H2,1H3. The Kier molecular flexibility index (Phi) is 8.85. The molecule has 4 rings (SSSR count). The van der Waals surface area contributed by atoms with Crippen molar-refractivity contribution in [1.29, 1.82) is 0 Å². The quantitative estimate of drug-likeness (QED) is 0.405. The van der Waals surface area contributed by atoms with E-state index in [0.717, 1.165) is 16.7 Å². The zero-order valence-corrected chi connectivity index (χ0v) is 19.7. The molecule has 1 heterocycles. The predicted molar refractivity (Wildman–Crippen MR) is 132 cm³/mol. The van der Waals surface area contributed by atoms with Gasteiger partial charge in [0.1, 0.15) is 6.10 Å². The minimum absolute atomic E-state index is 0.0773. The zero-order chi connectivity index (χ0) is 23.6. The SMILES string of the molecule is CCN1C(=O)CC(OCc2ccccc2)C(OCc2ccccc2)C1COCc1ccccc1. The Balaban J connectivity index is 1.49. The minimum Gasteiger partial charge on any atom is -0.375 e. The molecule has 0 bridgehead atoms. The Morgan fingerprint density at radius 3 is 1.76 bits per heavy atom. The van der Waals surface area contributed by atoms with Crippen LogP contribution in [0.15, 0.2) is 91.0 Å². The molecule has 3 aromatic carbocycles. The highest BCUT2D eigenvalue weighted by Crippen LogP contribution is 2.27. The van der Waals surface area contributed by atoms with Crippen molar-refractivity contribution >= 4 is 5.91 Å². The molecule has 1 amide bonds. The van der Waals surface area contributed by atoms with E-state index in [1.165, 1.54) is 0 Å². The lowest BCUT2D eigenvalue weighted by molar-refractivity contribution is -0.176. The van der Waals surface area contributed by atoms with Gasteiger partial charge in [-0.05, 0) is 23.6 Å². The molecule has 0 aliphatic carbocycles. The number of amides is 1. The van der Waals surface area contributed by atoms with E-state index in [2.05, 4.69) is 0 Å². The molecule has 1 fully saturated rings. The molecule has 1 aliphatic rings. The number of ether oxygens (including phenoxy) is 3. The molecule has 0 radical (unpaired) electrons. The lowest BCUT2D eigenvalue weighted by atomic mass is 9.95. The van der Waals surface area contributed by atoms with E-state index in [4.69, 9.17) is 14.2 Å². The van der Waals surface area contributed by atoms with Crippen LogP contribution in [0.3, 0.4) is 0 Å². The van der Waals surface area contributed by atoms with E-state index < -0.39 is 0 Å². The second-order valence-electron chi connectivity index (χ2n) is 8.55. The zero-order valence-electron chi connectivity index (χ0n) is 19.7. The summed E-state index contributed by atoms with van der Waals surface area (Å²) in [5.74, 6) is 0.0773. The molecule has 3 unspecified atom stereocenters. The second-order valence-corrected chi connectivity index (χ2v) is 8.55. The van der Waals surface area contributed by atoms with Gasteiger partial charge < -0.3 is 19.1 Å². The fourth-order valence-corrected chi connectivity index (χ4v) is 4.40. The largest absolute Gasteiger partial charge is 0.375 e. The third kappa shape index (κ3) is 6.54. The van der Waals surface area contributed by atoms with Gasteiger partial charge in [-0.25, -0.2) is 0 Å².